The van der Waals surface area contributed by atoms with E-state index in [1.807, 2.05) is 11.8 Å². The minimum atomic E-state index is 1.07. The van der Waals surface area contributed by atoms with Crippen molar-refractivity contribution in [1.82, 2.24) is 4.90 Å². The lowest BCUT2D eigenvalue weighted by atomic mass is 10.2. The summed E-state index contributed by atoms with van der Waals surface area (Å²) in [4.78, 5) is 3.95. The van der Waals surface area contributed by atoms with E-state index in [1.165, 1.54) is 29.8 Å². The standard InChI is InChI=1S/C19H25NS/c1-2-3-14-20(17-18-10-6-4-7-11-18)15-16-21-19-12-8-5-9-13-19/h4-13H,2-3,14-17H2,1H3. The molecule has 0 saturated carbocycles. The molecule has 0 spiro atoms. The Hall–Kier alpha value is -1.25. The molecule has 21 heavy (non-hydrogen) atoms. The topological polar surface area (TPSA) is 3.24 Å². The van der Waals surface area contributed by atoms with Crippen LogP contribution in [-0.2, 0) is 6.54 Å². The smallest absolute Gasteiger partial charge is 0.0234 e. The largest absolute Gasteiger partial charge is 0.298 e. The van der Waals surface area contributed by atoms with Crippen LogP contribution in [0.2, 0.25) is 0 Å². The van der Waals surface area contributed by atoms with Crippen LogP contribution in [0.15, 0.2) is 65.6 Å². The number of unbranched alkanes of at least 4 members (excludes halogenated alkanes) is 1. The van der Waals surface area contributed by atoms with Crippen LogP contribution in [0.1, 0.15) is 25.3 Å². The lowest BCUT2D eigenvalue weighted by molar-refractivity contribution is 0.278. The Morgan fingerprint density at radius 1 is 0.857 bits per heavy atom. The first-order valence-electron chi connectivity index (χ1n) is 7.82. The maximum atomic E-state index is 2.58. The zero-order chi connectivity index (χ0) is 14.8. The molecule has 0 aliphatic rings. The molecule has 1 nitrogen and oxygen atoms in total. The fourth-order valence-electron chi connectivity index (χ4n) is 2.30. The maximum absolute atomic E-state index is 2.58. The molecule has 0 aliphatic carbocycles. The molecule has 0 unspecified atom stereocenters. The van der Waals surface area contributed by atoms with Crippen LogP contribution in [0.3, 0.4) is 0 Å². The van der Waals surface area contributed by atoms with Crippen molar-refractivity contribution >= 4 is 11.8 Å². The molecule has 0 aromatic heterocycles. The van der Waals surface area contributed by atoms with E-state index in [9.17, 15) is 0 Å². The highest BCUT2D eigenvalue weighted by atomic mass is 32.2. The first kappa shape index (κ1) is 16.1. The van der Waals surface area contributed by atoms with Gasteiger partial charge in [-0.15, -0.1) is 11.8 Å². The Balaban J connectivity index is 1.81. The summed E-state index contributed by atoms with van der Waals surface area (Å²) in [6, 6.07) is 21.5. The zero-order valence-corrected chi connectivity index (χ0v) is 13.7. The van der Waals surface area contributed by atoms with Crippen molar-refractivity contribution in [2.75, 3.05) is 18.8 Å². The molecule has 0 saturated heterocycles. The van der Waals surface area contributed by atoms with Crippen LogP contribution < -0.4 is 0 Å². The quantitative estimate of drug-likeness (QED) is 0.594. The average molecular weight is 299 g/mol. The van der Waals surface area contributed by atoms with Crippen molar-refractivity contribution in [2.45, 2.75) is 31.2 Å². The molecule has 112 valence electrons. The molecule has 0 atom stereocenters. The molecular weight excluding hydrogens is 274 g/mol. The van der Waals surface area contributed by atoms with Crippen LogP contribution >= 0.6 is 11.8 Å². The van der Waals surface area contributed by atoms with Crippen molar-refractivity contribution in [2.24, 2.45) is 0 Å². The number of rotatable bonds is 9. The second-order valence-corrected chi connectivity index (χ2v) is 6.45. The van der Waals surface area contributed by atoms with Crippen LogP contribution in [-0.4, -0.2) is 23.7 Å². The van der Waals surface area contributed by atoms with Crippen molar-refractivity contribution < 1.29 is 0 Å². The second kappa shape index (κ2) is 9.64. The fourth-order valence-corrected chi connectivity index (χ4v) is 3.24. The summed E-state index contributed by atoms with van der Waals surface area (Å²) in [5.41, 5.74) is 1.42. The van der Waals surface area contributed by atoms with E-state index in [4.69, 9.17) is 0 Å². The molecule has 2 rings (SSSR count). The van der Waals surface area contributed by atoms with Gasteiger partial charge in [0.05, 0.1) is 0 Å². The third-order valence-corrected chi connectivity index (χ3v) is 4.49. The van der Waals surface area contributed by atoms with Crippen LogP contribution in [0, 0.1) is 0 Å². The summed E-state index contributed by atoms with van der Waals surface area (Å²) < 4.78 is 0. The van der Waals surface area contributed by atoms with Gasteiger partial charge in [-0.2, -0.15) is 0 Å². The Labute approximate surface area is 133 Å². The number of hydrogen-bond donors (Lipinski definition) is 0. The molecule has 0 bridgehead atoms. The van der Waals surface area contributed by atoms with Crippen LogP contribution in [0.5, 0.6) is 0 Å². The van der Waals surface area contributed by atoms with E-state index >= 15 is 0 Å². The highest BCUT2D eigenvalue weighted by Crippen LogP contribution is 2.17. The number of thioether (sulfide) groups is 1. The summed E-state index contributed by atoms with van der Waals surface area (Å²) in [7, 11) is 0. The van der Waals surface area contributed by atoms with Gasteiger partial charge in [-0.3, -0.25) is 4.90 Å². The van der Waals surface area contributed by atoms with Gasteiger partial charge in [0.25, 0.3) is 0 Å². The van der Waals surface area contributed by atoms with Crippen LogP contribution in [0.4, 0.5) is 0 Å². The molecule has 2 heteroatoms. The molecule has 0 amide bonds. The van der Waals surface area contributed by atoms with Crippen LogP contribution in [0.25, 0.3) is 0 Å². The minimum Gasteiger partial charge on any atom is -0.298 e. The van der Waals surface area contributed by atoms with Gasteiger partial charge in [-0.1, -0.05) is 61.9 Å². The average Bonchev–Trinajstić information content (AvgIpc) is 2.54. The number of hydrogen-bond acceptors (Lipinski definition) is 2. The molecule has 0 N–H and O–H groups in total. The summed E-state index contributed by atoms with van der Waals surface area (Å²) in [5, 5.41) is 0. The Morgan fingerprint density at radius 3 is 2.19 bits per heavy atom. The zero-order valence-electron chi connectivity index (χ0n) is 12.9. The van der Waals surface area contributed by atoms with Gasteiger partial charge in [0.1, 0.15) is 0 Å². The van der Waals surface area contributed by atoms with Gasteiger partial charge < -0.3 is 0 Å². The third kappa shape index (κ3) is 6.36. The van der Waals surface area contributed by atoms with E-state index in [1.54, 1.807) is 0 Å². The molecule has 0 fully saturated rings. The Morgan fingerprint density at radius 2 is 1.52 bits per heavy atom. The predicted molar refractivity (Wildman–Crippen MR) is 93.8 cm³/mol. The normalized spacial score (nSPS) is 11.0. The first-order valence-corrected chi connectivity index (χ1v) is 8.81. The Kier molecular flexibility index (Phi) is 7.41. The van der Waals surface area contributed by atoms with E-state index in [0.29, 0.717) is 0 Å². The van der Waals surface area contributed by atoms with Gasteiger partial charge in [0.2, 0.25) is 0 Å². The van der Waals surface area contributed by atoms with Gasteiger partial charge >= 0.3 is 0 Å². The van der Waals surface area contributed by atoms with Crippen molar-refractivity contribution in [3.8, 4) is 0 Å². The van der Waals surface area contributed by atoms with Crippen molar-refractivity contribution in [3.05, 3.63) is 66.2 Å². The number of nitrogens with zero attached hydrogens (tertiary/aromatic N) is 1. The lowest BCUT2D eigenvalue weighted by Gasteiger charge is -2.22. The highest BCUT2D eigenvalue weighted by molar-refractivity contribution is 7.99. The monoisotopic (exact) mass is 299 g/mol. The molecule has 2 aromatic carbocycles. The molecule has 0 radical (unpaired) electrons. The minimum absolute atomic E-state index is 1.07. The second-order valence-electron chi connectivity index (χ2n) is 5.28. The van der Waals surface area contributed by atoms with E-state index in [2.05, 4.69) is 72.5 Å². The van der Waals surface area contributed by atoms with Crippen molar-refractivity contribution in [1.29, 1.82) is 0 Å². The third-order valence-electron chi connectivity index (χ3n) is 3.50. The van der Waals surface area contributed by atoms with E-state index in [-0.39, 0.29) is 0 Å². The van der Waals surface area contributed by atoms with E-state index in [0.717, 1.165) is 18.8 Å². The number of benzene rings is 2. The molecule has 0 heterocycles. The summed E-state index contributed by atoms with van der Waals surface area (Å²) in [6.07, 6.45) is 2.54. The molecule has 0 aliphatic heterocycles. The fraction of sp³-hybridized carbons (Fsp3) is 0.368. The van der Waals surface area contributed by atoms with Crippen molar-refractivity contribution in [3.63, 3.8) is 0 Å². The van der Waals surface area contributed by atoms with Gasteiger partial charge in [0, 0.05) is 23.7 Å². The van der Waals surface area contributed by atoms with E-state index < -0.39 is 0 Å². The summed E-state index contributed by atoms with van der Waals surface area (Å²) in [6.45, 7) is 5.67. The molecular formula is C19H25NS. The summed E-state index contributed by atoms with van der Waals surface area (Å²) in [5.74, 6) is 1.15. The molecule has 2 aromatic rings. The maximum Gasteiger partial charge on any atom is 0.0234 e. The lowest BCUT2D eigenvalue weighted by Crippen LogP contribution is -2.26. The highest BCUT2D eigenvalue weighted by Gasteiger charge is 2.05. The Bertz CT molecular complexity index is 483. The summed E-state index contributed by atoms with van der Waals surface area (Å²) >= 11 is 1.95. The SMILES string of the molecule is CCCCN(CCSc1ccccc1)Cc1ccccc1. The predicted octanol–water partition coefficient (Wildman–Crippen LogP) is 5.08. The van der Waals surface area contributed by atoms with Gasteiger partial charge in [0.15, 0.2) is 0 Å². The van der Waals surface area contributed by atoms with Gasteiger partial charge in [-0.25, -0.2) is 0 Å². The van der Waals surface area contributed by atoms with Gasteiger partial charge in [-0.05, 0) is 30.7 Å². The first-order chi connectivity index (χ1) is 10.4.